The molecule has 178 valence electrons. The van der Waals surface area contributed by atoms with Gasteiger partial charge in [-0.3, -0.25) is 0 Å². The molecule has 1 amide bonds. The van der Waals surface area contributed by atoms with Gasteiger partial charge in [-0.15, -0.1) is 34.2 Å². The van der Waals surface area contributed by atoms with Gasteiger partial charge in [0.15, 0.2) is 11.8 Å². The molecule has 1 fully saturated rings. The van der Waals surface area contributed by atoms with Crippen LogP contribution in [-0.2, 0) is 23.1 Å². The smallest absolute Gasteiger partial charge is 0.410 e. The summed E-state index contributed by atoms with van der Waals surface area (Å²) in [6.45, 7) is 11.8. The van der Waals surface area contributed by atoms with Crippen LogP contribution in [0.15, 0.2) is 4.99 Å². The number of nitrogens with one attached hydrogen (secondary N) is 2. The van der Waals surface area contributed by atoms with Crippen LogP contribution < -0.4 is 10.6 Å². The van der Waals surface area contributed by atoms with E-state index in [0.29, 0.717) is 25.6 Å². The summed E-state index contributed by atoms with van der Waals surface area (Å²) in [6.07, 6.45) is 1.62. The zero-order valence-corrected chi connectivity index (χ0v) is 22.1. The summed E-state index contributed by atoms with van der Waals surface area (Å²) < 4.78 is 13.1. The summed E-state index contributed by atoms with van der Waals surface area (Å²) in [5, 5.41) is 15.0. The highest BCUT2D eigenvalue weighted by molar-refractivity contribution is 14.0. The van der Waals surface area contributed by atoms with Crippen molar-refractivity contribution >= 4 is 36.0 Å². The fraction of sp³-hybridized carbons (Fsp3) is 0.800. The molecule has 2 heterocycles. The number of amides is 1. The number of rotatable bonds is 7. The number of carbonyl (C=O) groups excluding carboxylic acids is 1. The Balaban J connectivity index is 0.00000480. The third-order valence-electron chi connectivity index (χ3n) is 4.93. The minimum absolute atomic E-state index is 0. The van der Waals surface area contributed by atoms with E-state index in [-0.39, 0.29) is 42.2 Å². The Morgan fingerprint density at radius 1 is 1.29 bits per heavy atom. The second-order valence-corrected chi connectivity index (χ2v) is 8.58. The summed E-state index contributed by atoms with van der Waals surface area (Å²) in [4.78, 5) is 18.8. The molecule has 1 aromatic rings. The summed E-state index contributed by atoms with van der Waals surface area (Å²) in [7, 11) is 3.58. The standard InChI is InChI=1S/C20H37N7O3.HI/c1-8-9-10-21-18(22-11-17-25-24-14(2)26(17)6)23-15-12-27(13-16(15)29-7)19(28)30-20(3,4)5;/h15-16H,8-13H2,1-7H3,(H2,21,22,23);1H/t15?,16-;/m0./s1. The molecule has 0 saturated carbocycles. The lowest BCUT2D eigenvalue weighted by Crippen LogP contribution is -2.49. The van der Waals surface area contributed by atoms with Gasteiger partial charge in [-0.05, 0) is 34.1 Å². The van der Waals surface area contributed by atoms with Gasteiger partial charge in [0.1, 0.15) is 18.0 Å². The Bertz CT molecular complexity index is 733. The van der Waals surface area contributed by atoms with Gasteiger partial charge in [-0.2, -0.15) is 0 Å². The molecule has 2 N–H and O–H groups in total. The molecular weight excluding hydrogens is 513 g/mol. The number of unbranched alkanes of at least 4 members (excludes halogenated alkanes) is 1. The molecule has 1 aliphatic heterocycles. The van der Waals surface area contributed by atoms with Gasteiger partial charge >= 0.3 is 6.09 Å². The number of aliphatic imine (C=N–C) groups is 1. The molecule has 2 rings (SSSR count). The van der Waals surface area contributed by atoms with Crippen molar-refractivity contribution < 1.29 is 14.3 Å². The fourth-order valence-corrected chi connectivity index (χ4v) is 3.08. The van der Waals surface area contributed by atoms with Crippen LogP contribution in [0.5, 0.6) is 0 Å². The van der Waals surface area contributed by atoms with Crippen LogP contribution in [0, 0.1) is 6.92 Å². The van der Waals surface area contributed by atoms with Gasteiger partial charge in [0.25, 0.3) is 0 Å². The molecule has 0 aliphatic carbocycles. The van der Waals surface area contributed by atoms with E-state index < -0.39 is 5.60 Å². The quantitative estimate of drug-likeness (QED) is 0.232. The van der Waals surface area contributed by atoms with Crippen molar-refractivity contribution in [3.8, 4) is 0 Å². The average Bonchev–Trinajstić information content (AvgIpc) is 3.22. The third kappa shape index (κ3) is 8.43. The number of halogens is 1. The van der Waals surface area contributed by atoms with Crippen LogP contribution in [0.3, 0.4) is 0 Å². The molecule has 1 unspecified atom stereocenters. The van der Waals surface area contributed by atoms with Crippen LogP contribution in [0.2, 0.25) is 0 Å². The van der Waals surface area contributed by atoms with Gasteiger partial charge < -0.3 is 29.6 Å². The number of aromatic nitrogens is 3. The molecule has 0 aromatic carbocycles. The molecular formula is C20H38IN7O3. The largest absolute Gasteiger partial charge is 0.444 e. The number of nitrogens with zero attached hydrogens (tertiary/aromatic N) is 5. The van der Waals surface area contributed by atoms with E-state index in [2.05, 4.69) is 32.7 Å². The Morgan fingerprint density at radius 3 is 2.55 bits per heavy atom. The molecule has 1 aliphatic rings. The summed E-state index contributed by atoms with van der Waals surface area (Å²) in [6, 6.07) is -0.100. The number of methoxy groups -OCH3 is 1. The molecule has 1 aromatic heterocycles. The zero-order chi connectivity index (χ0) is 22.3. The van der Waals surface area contributed by atoms with E-state index in [1.165, 1.54) is 0 Å². The third-order valence-corrected chi connectivity index (χ3v) is 4.93. The maximum absolute atomic E-state index is 12.5. The first kappa shape index (κ1) is 27.4. The normalized spacial score (nSPS) is 19.2. The van der Waals surface area contributed by atoms with Crippen LogP contribution in [0.4, 0.5) is 4.79 Å². The van der Waals surface area contributed by atoms with Crippen LogP contribution in [0.1, 0.15) is 52.2 Å². The SMILES string of the molecule is CCCCNC(=NCc1nnc(C)n1C)NC1CN(C(=O)OC(C)(C)C)C[C@@H]1OC.I. The Morgan fingerprint density at radius 2 is 2.00 bits per heavy atom. The first-order chi connectivity index (χ1) is 14.1. The van der Waals surface area contributed by atoms with Crippen LogP contribution >= 0.6 is 24.0 Å². The van der Waals surface area contributed by atoms with Crippen molar-refractivity contribution in [2.24, 2.45) is 12.0 Å². The Kier molecular flexibility index (Phi) is 11.0. The number of hydrogen-bond donors (Lipinski definition) is 2. The molecule has 2 atom stereocenters. The number of ether oxygens (including phenoxy) is 2. The second-order valence-electron chi connectivity index (χ2n) is 8.58. The minimum Gasteiger partial charge on any atom is -0.444 e. The first-order valence-corrected chi connectivity index (χ1v) is 10.5. The van der Waals surface area contributed by atoms with E-state index in [0.717, 1.165) is 31.0 Å². The predicted molar refractivity (Wildman–Crippen MR) is 131 cm³/mol. The number of guanidine groups is 1. The van der Waals surface area contributed by atoms with E-state index in [4.69, 9.17) is 9.47 Å². The fourth-order valence-electron chi connectivity index (χ4n) is 3.08. The van der Waals surface area contributed by atoms with Gasteiger partial charge in [0, 0.05) is 27.2 Å². The van der Waals surface area contributed by atoms with Crippen molar-refractivity contribution in [3.05, 3.63) is 11.6 Å². The van der Waals surface area contributed by atoms with Gasteiger partial charge in [-0.1, -0.05) is 13.3 Å². The molecule has 10 nitrogen and oxygen atoms in total. The lowest BCUT2D eigenvalue weighted by molar-refractivity contribution is 0.0252. The van der Waals surface area contributed by atoms with E-state index >= 15 is 0 Å². The summed E-state index contributed by atoms with van der Waals surface area (Å²) in [5.41, 5.74) is -0.534. The van der Waals surface area contributed by atoms with Gasteiger partial charge in [-0.25, -0.2) is 9.79 Å². The molecule has 0 spiro atoms. The Labute approximate surface area is 202 Å². The number of carbonyl (C=O) groups is 1. The van der Waals surface area contributed by atoms with Crippen LogP contribution in [0.25, 0.3) is 0 Å². The molecule has 1 saturated heterocycles. The molecule has 11 heteroatoms. The number of aryl methyl sites for hydroxylation is 1. The number of hydrogen-bond acceptors (Lipinski definition) is 6. The van der Waals surface area contributed by atoms with Gasteiger partial charge in [0.05, 0.1) is 18.7 Å². The average molecular weight is 551 g/mol. The highest BCUT2D eigenvalue weighted by atomic mass is 127. The molecule has 0 radical (unpaired) electrons. The van der Waals surface area contributed by atoms with E-state index in [1.807, 2.05) is 39.3 Å². The lowest BCUT2D eigenvalue weighted by Gasteiger charge is -2.24. The second kappa shape index (κ2) is 12.4. The van der Waals surface area contributed by atoms with E-state index in [9.17, 15) is 4.79 Å². The maximum atomic E-state index is 12.5. The highest BCUT2D eigenvalue weighted by Gasteiger charge is 2.37. The number of likely N-dealkylation sites (tertiary alicyclic amines) is 1. The molecule has 31 heavy (non-hydrogen) atoms. The Hall–Kier alpha value is -1.63. The summed E-state index contributed by atoms with van der Waals surface area (Å²) in [5.74, 6) is 2.30. The van der Waals surface area contributed by atoms with Crippen molar-refractivity contribution in [2.45, 2.75) is 71.8 Å². The maximum Gasteiger partial charge on any atom is 0.410 e. The zero-order valence-electron chi connectivity index (χ0n) is 19.8. The van der Waals surface area contributed by atoms with E-state index in [1.54, 1.807) is 12.0 Å². The highest BCUT2D eigenvalue weighted by Crippen LogP contribution is 2.17. The minimum atomic E-state index is -0.534. The van der Waals surface area contributed by atoms with Crippen molar-refractivity contribution in [2.75, 3.05) is 26.7 Å². The van der Waals surface area contributed by atoms with Crippen molar-refractivity contribution in [3.63, 3.8) is 0 Å². The lowest BCUT2D eigenvalue weighted by atomic mass is 10.2. The summed E-state index contributed by atoms with van der Waals surface area (Å²) >= 11 is 0. The monoisotopic (exact) mass is 551 g/mol. The van der Waals surface area contributed by atoms with Gasteiger partial charge in [0.2, 0.25) is 0 Å². The van der Waals surface area contributed by atoms with Crippen molar-refractivity contribution in [1.82, 2.24) is 30.3 Å². The topological polar surface area (TPSA) is 106 Å². The predicted octanol–water partition coefficient (Wildman–Crippen LogP) is 2.21. The van der Waals surface area contributed by atoms with Crippen LogP contribution in [-0.4, -0.2) is 76.2 Å². The van der Waals surface area contributed by atoms with Crippen molar-refractivity contribution in [1.29, 1.82) is 0 Å². The molecule has 0 bridgehead atoms. The first-order valence-electron chi connectivity index (χ1n) is 10.5.